The molecule has 4 rings (SSSR count). The minimum Gasteiger partial charge on any atom is -0.366 e. The van der Waals surface area contributed by atoms with Gasteiger partial charge in [-0.25, -0.2) is 15.4 Å². The summed E-state index contributed by atoms with van der Waals surface area (Å²) in [6.45, 7) is 5.93. The maximum absolute atomic E-state index is 11.4. The van der Waals surface area contributed by atoms with Crippen LogP contribution in [0.1, 0.15) is 28.9 Å². The molecular weight excluding hydrogens is 482 g/mol. The lowest BCUT2D eigenvalue weighted by atomic mass is 10.2. The molecule has 190 valence electrons. The van der Waals surface area contributed by atoms with Crippen molar-refractivity contribution in [1.29, 1.82) is 0 Å². The van der Waals surface area contributed by atoms with Crippen molar-refractivity contribution in [2.45, 2.75) is 29.8 Å². The van der Waals surface area contributed by atoms with Gasteiger partial charge < -0.3 is 16.0 Å². The summed E-state index contributed by atoms with van der Waals surface area (Å²) in [6.07, 6.45) is 0.985. The Morgan fingerprint density at radius 3 is 2.53 bits per heavy atom. The molecule has 1 aliphatic rings. The first kappa shape index (κ1) is 25.4. The molecule has 1 aromatic carbocycles. The summed E-state index contributed by atoms with van der Waals surface area (Å²) in [4.78, 5) is 37.5. The molecule has 0 unspecified atom stereocenters. The average Bonchev–Trinajstić information content (AvgIpc) is 3.28. The van der Waals surface area contributed by atoms with Gasteiger partial charge in [-0.2, -0.15) is 5.10 Å². The number of carbonyl (C=O) groups excluding carboxylic acids is 2. The van der Waals surface area contributed by atoms with Crippen molar-refractivity contribution >= 4 is 41.0 Å². The van der Waals surface area contributed by atoms with Gasteiger partial charge in [-0.15, -0.1) is 0 Å². The predicted octanol–water partition coefficient (Wildman–Crippen LogP) is 1.91. The molecule has 13 heteroatoms. The summed E-state index contributed by atoms with van der Waals surface area (Å²) in [5.41, 5.74) is 8.33. The third kappa shape index (κ3) is 6.93. The molecule has 0 radical (unpaired) electrons. The Balaban J connectivity index is 1.47. The Bertz CT molecular complexity index is 1190. The summed E-state index contributed by atoms with van der Waals surface area (Å²) in [7, 11) is 0. The number of benzene rings is 1. The summed E-state index contributed by atoms with van der Waals surface area (Å²) < 4.78 is 0. The van der Waals surface area contributed by atoms with Crippen molar-refractivity contribution in [1.82, 2.24) is 30.5 Å². The Morgan fingerprint density at radius 1 is 1.14 bits per heavy atom. The van der Waals surface area contributed by atoms with E-state index in [9.17, 15) is 9.59 Å². The number of H-pyrrole nitrogens is 1. The zero-order valence-corrected chi connectivity index (χ0v) is 20.7. The number of aryl methyl sites for hydroxylation is 1. The number of nitrogens with zero attached hydrogens (tertiary/aromatic N) is 5. The maximum Gasteiger partial charge on any atom is 0.248 e. The molecule has 0 bridgehead atoms. The van der Waals surface area contributed by atoms with Crippen LogP contribution in [0.2, 0.25) is 0 Å². The van der Waals surface area contributed by atoms with Gasteiger partial charge in [0.25, 0.3) is 0 Å². The number of hydroxylamine groups is 1. The summed E-state index contributed by atoms with van der Waals surface area (Å²) in [5, 5.41) is 19.6. The van der Waals surface area contributed by atoms with E-state index in [1.807, 2.05) is 31.2 Å². The monoisotopic (exact) mass is 511 g/mol. The minimum absolute atomic E-state index is 0.297. The second-order valence-corrected chi connectivity index (χ2v) is 9.44. The largest absolute Gasteiger partial charge is 0.366 e. The van der Waals surface area contributed by atoms with E-state index >= 15 is 0 Å². The Hall–Kier alpha value is -3.68. The number of rotatable bonds is 10. The van der Waals surface area contributed by atoms with Crippen LogP contribution in [-0.2, 0) is 4.79 Å². The van der Waals surface area contributed by atoms with Crippen LogP contribution >= 0.6 is 11.8 Å². The summed E-state index contributed by atoms with van der Waals surface area (Å²) in [6, 6.07) is 10.8. The van der Waals surface area contributed by atoms with Crippen molar-refractivity contribution < 1.29 is 14.8 Å². The maximum atomic E-state index is 11.4. The molecule has 3 heterocycles. The van der Waals surface area contributed by atoms with Crippen LogP contribution in [0.5, 0.6) is 0 Å². The van der Waals surface area contributed by atoms with Crippen LogP contribution in [0, 0.1) is 6.92 Å². The van der Waals surface area contributed by atoms with Crippen LogP contribution in [-0.4, -0.2) is 74.8 Å². The first-order chi connectivity index (χ1) is 17.4. The molecule has 0 spiro atoms. The fraction of sp³-hybridized carbons (Fsp3) is 0.348. The van der Waals surface area contributed by atoms with Crippen LogP contribution in [0.4, 0.5) is 17.5 Å². The highest BCUT2D eigenvalue weighted by Crippen LogP contribution is 2.29. The highest BCUT2D eigenvalue weighted by Gasteiger charge is 2.20. The smallest absolute Gasteiger partial charge is 0.248 e. The van der Waals surface area contributed by atoms with Gasteiger partial charge in [0.05, 0.1) is 5.69 Å². The molecular formula is C23H29N9O3S. The van der Waals surface area contributed by atoms with Crippen molar-refractivity contribution in [2.24, 2.45) is 5.73 Å². The van der Waals surface area contributed by atoms with E-state index < -0.39 is 5.91 Å². The number of anilines is 3. The second kappa shape index (κ2) is 11.8. The molecule has 0 aliphatic carbocycles. The molecule has 1 fully saturated rings. The summed E-state index contributed by atoms with van der Waals surface area (Å²) >= 11 is 1.40. The van der Waals surface area contributed by atoms with Gasteiger partial charge in [0.1, 0.15) is 17.5 Å². The number of primary amides is 1. The highest BCUT2D eigenvalue weighted by atomic mass is 32.2. The van der Waals surface area contributed by atoms with Gasteiger partial charge in [-0.05, 0) is 55.9 Å². The number of nitrogens with two attached hydrogens (primary N) is 1. The van der Waals surface area contributed by atoms with E-state index in [0.717, 1.165) is 54.9 Å². The molecule has 0 saturated carbocycles. The summed E-state index contributed by atoms with van der Waals surface area (Å²) in [5.74, 6) is 1.34. The predicted molar refractivity (Wildman–Crippen MR) is 136 cm³/mol. The number of piperazine rings is 1. The second-order valence-electron chi connectivity index (χ2n) is 8.40. The third-order valence-electron chi connectivity index (χ3n) is 5.71. The van der Waals surface area contributed by atoms with Crippen molar-refractivity contribution in [3.8, 4) is 0 Å². The lowest BCUT2D eigenvalue weighted by molar-refractivity contribution is -0.129. The zero-order valence-electron chi connectivity index (χ0n) is 19.9. The fourth-order valence-corrected chi connectivity index (χ4v) is 4.59. The quantitative estimate of drug-likeness (QED) is 0.154. The molecule has 3 aromatic rings. The van der Waals surface area contributed by atoms with Crippen molar-refractivity contribution in [2.75, 3.05) is 42.9 Å². The molecule has 12 nitrogen and oxygen atoms in total. The number of aromatic amines is 1. The Labute approximate surface area is 212 Å². The van der Waals surface area contributed by atoms with E-state index in [1.54, 1.807) is 17.6 Å². The van der Waals surface area contributed by atoms with Gasteiger partial charge >= 0.3 is 0 Å². The highest BCUT2D eigenvalue weighted by molar-refractivity contribution is 7.99. The molecule has 2 aromatic heterocycles. The molecule has 0 atom stereocenters. The standard InChI is InChI=1S/C23H29N9O3S/c1-15-13-19(29-28-15)25-18-14-20(32-11-9-31(10-12-32)8-2-3-21(33)30-35)27-23(26-18)36-17-6-4-16(5-7-17)22(24)34/h4-7,13-14,35H,2-3,8-12H2,1H3,(H2,24,34)(H,30,33)(H2,25,26,27,28,29). The number of carbonyl (C=O) groups is 2. The number of amides is 2. The van der Waals surface area contributed by atoms with Crippen LogP contribution in [0.3, 0.4) is 0 Å². The van der Waals surface area contributed by atoms with E-state index in [4.69, 9.17) is 15.9 Å². The van der Waals surface area contributed by atoms with E-state index in [0.29, 0.717) is 29.4 Å². The first-order valence-corrected chi connectivity index (χ1v) is 12.4. The number of aromatic nitrogens is 4. The zero-order chi connectivity index (χ0) is 25.5. The normalized spacial score (nSPS) is 14.0. The first-order valence-electron chi connectivity index (χ1n) is 11.6. The Morgan fingerprint density at radius 2 is 1.89 bits per heavy atom. The Kier molecular flexibility index (Phi) is 8.36. The third-order valence-corrected chi connectivity index (χ3v) is 6.58. The average molecular weight is 512 g/mol. The van der Waals surface area contributed by atoms with E-state index in [2.05, 4.69) is 30.3 Å². The van der Waals surface area contributed by atoms with Crippen molar-refractivity contribution in [3.63, 3.8) is 0 Å². The van der Waals surface area contributed by atoms with Crippen LogP contribution < -0.4 is 21.4 Å². The van der Waals surface area contributed by atoms with Crippen LogP contribution in [0.15, 0.2) is 46.5 Å². The van der Waals surface area contributed by atoms with Gasteiger partial charge in [-0.1, -0.05) is 0 Å². The molecule has 1 aliphatic heterocycles. The SMILES string of the molecule is Cc1cc(Nc2cc(N3CCN(CCCC(=O)NO)CC3)nc(Sc3ccc(C(N)=O)cc3)n2)[nH]n1. The number of nitrogens with one attached hydrogen (secondary N) is 3. The van der Waals surface area contributed by atoms with Gasteiger partial charge in [0, 0.05) is 55.2 Å². The molecule has 2 amide bonds. The van der Waals surface area contributed by atoms with E-state index in [1.165, 1.54) is 11.8 Å². The minimum atomic E-state index is -0.470. The lowest BCUT2D eigenvalue weighted by Gasteiger charge is -2.35. The topological polar surface area (TPSA) is 165 Å². The number of hydrogen-bond donors (Lipinski definition) is 5. The number of hydrogen-bond acceptors (Lipinski definition) is 10. The molecule has 36 heavy (non-hydrogen) atoms. The van der Waals surface area contributed by atoms with Gasteiger partial charge in [0.2, 0.25) is 11.8 Å². The van der Waals surface area contributed by atoms with E-state index in [-0.39, 0.29) is 5.91 Å². The van der Waals surface area contributed by atoms with Gasteiger partial charge in [-0.3, -0.25) is 24.8 Å². The lowest BCUT2D eigenvalue weighted by Crippen LogP contribution is -2.47. The molecule has 1 saturated heterocycles. The van der Waals surface area contributed by atoms with Crippen LogP contribution in [0.25, 0.3) is 0 Å². The van der Waals surface area contributed by atoms with Crippen molar-refractivity contribution in [3.05, 3.63) is 47.7 Å². The molecule has 6 N–H and O–H groups in total. The van der Waals surface area contributed by atoms with Gasteiger partial charge in [0.15, 0.2) is 5.16 Å². The fourth-order valence-electron chi connectivity index (χ4n) is 3.82.